The molecule has 0 aromatic carbocycles. The third-order valence-corrected chi connectivity index (χ3v) is 3.70. The maximum absolute atomic E-state index is 11.9. The Morgan fingerprint density at radius 1 is 1.62 bits per heavy atom. The highest BCUT2D eigenvalue weighted by molar-refractivity contribution is 5.90. The first kappa shape index (κ1) is 11.5. The van der Waals surface area contributed by atoms with Gasteiger partial charge in [-0.1, -0.05) is 20.8 Å². The van der Waals surface area contributed by atoms with Crippen molar-refractivity contribution in [1.29, 1.82) is 0 Å². The number of hydrogen-bond acceptors (Lipinski definition) is 4. The van der Waals surface area contributed by atoms with Crippen LogP contribution in [0.15, 0.2) is 0 Å². The first-order chi connectivity index (χ1) is 7.46. The van der Waals surface area contributed by atoms with Crippen molar-refractivity contribution in [3.8, 4) is 0 Å². The van der Waals surface area contributed by atoms with E-state index >= 15 is 0 Å². The summed E-state index contributed by atoms with van der Waals surface area (Å²) in [7, 11) is 0. The molecule has 0 aromatic rings. The number of hydrogen-bond donors (Lipinski definition) is 1. The fraction of sp³-hybridized carbons (Fsp3) is 0.818. The van der Waals surface area contributed by atoms with Gasteiger partial charge in [0.05, 0.1) is 18.1 Å². The van der Waals surface area contributed by atoms with Crippen LogP contribution in [0.1, 0.15) is 20.8 Å². The summed E-state index contributed by atoms with van der Waals surface area (Å²) in [4.78, 5) is 24.6. The second-order valence-electron chi connectivity index (χ2n) is 4.97. The number of aliphatic hydroxyl groups is 1. The van der Waals surface area contributed by atoms with Gasteiger partial charge in [0.1, 0.15) is 6.73 Å². The molecule has 0 unspecified atom stereocenters. The lowest BCUT2D eigenvalue weighted by Crippen LogP contribution is -2.57. The van der Waals surface area contributed by atoms with Gasteiger partial charge in [-0.15, -0.1) is 0 Å². The van der Waals surface area contributed by atoms with Gasteiger partial charge in [0.15, 0.2) is 11.8 Å². The lowest BCUT2D eigenvalue weighted by molar-refractivity contribution is -0.135. The summed E-state index contributed by atoms with van der Waals surface area (Å²) in [5.74, 6) is -0.666. The standard InChI is InChI=1S/C11H17NO4/c1-6(2)9-11(4-13)8(14)7(3)10(15)12(11)5-16-9/h4,6-9,14H,5H2,1-3H3/t7-,8+,9+,11+/m1/s1. The highest BCUT2D eigenvalue weighted by Gasteiger charge is 2.65. The van der Waals surface area contributed by atoms with Crippen LogP contribution in [0.2, 0.25) is 0 Å². The predicted octanol–water partition coefficient (Wildman–Crippen LogP) is -0.224. The zero-order chi connectivity index (χ0) is 12.1. The Balaban J connectivity index is 2.46. The Hall–Kier alpha value is -0.940. The molecule has 2 aliphatic heterocycles. The quantitative estimate of drug-likeness (QED) is 0.662. The van der Waals surface area contributed by atoms with Gasteiger partial charge in [-0.05, 0) is 5.92 Å². The summed E-state index contributed by atoms with van der Waals surface area (Å²) in [5.41, 5.74) is -1.18. The number of rotatable bonds is 2. The van der Waals surface area contributed by atoms with Crippen molar-refractivity contribution < 1.29 is 19.4 Å². The fourth-order valence-corrected chi connectivity index (χ4v) is 2.84. The first-order valence-electron chi connectivity index (χ1n) is 5.54. The first-order valence-corrected chi connectivity index (χ1v) is 5.54. The van der Waals surface area contributed by atoms with Crippen molar-refractivity contribution in [2.45, 2.75) is 38.5 Å². The van der Waals surface area contributed by atoms with E-state index in [-0.39, 0.29) is 18.6 Å². The molecule has 0 spiro atoms. The Morgan fingerprint density at radius 3 is 2.75 bits per heavy atom. The topological polar surface area (TPSA) is 66.8 Å². The molecule has 16 heavy (non-hydrogen) atoms. The van der Waals surface area contributed by atoms with Crippen molar-refractivity contribution in [3.63, 3.8) is 0 Å². The van der Waals surface area contributed by atoms with Crippen LogP contribution in [0.25, 0.3) is 0 Å². The molecule has 2 aliphatic rings. The maximum Gasteiger partial charge on any atom is 0.230 e. The van der Waals surface area contributed by atoms with E-state index in [9.17, 15) is 14.7 Å². The molecule has 0 aromatic heterocycles. The molecule has 5 heteroatoms. The summed E-state index contributed by atoms with van der Waals surface area (Å²) in [6.45, 7) is 5.58. The summed E-state index contributed by atoms with van der Waals surface area (Å²) in [6.07, 6.45) is -0.724. The van der Waals surface area contributed by atoms with Gasteiger partial charge < -0.3 is 19.5 Å². The van der Waals surface area contributed by atoms with E-state index in [1.54, 1.807) is 6.92 Å². The molecule has 0 radical (unpaired) electrons. The van der Waals surface area contributed by atoms with E-state index in [4.69, 9.17) is 4.74 Å². The van der Waals surface area contributed by atoms with Crippen molar-refractivity contribution >= 4 is 12.2 Å². The zero-order valence-corrected chi connectivity index (χ0v) is 9.71. The number of aldehydes is 1. The molecule has 4 atom stereocenters. The minimum atomic E-state index is -1.18. The van der Waals surface area contributed by atoms with Crippen molar-refractivity contribution in [2.75, 3.05) is 6.73 Å². The van der Waals surface area contributed by atoms with E-state index < -0.39 is 23.7 Å². The number of ether oxygens (including phenoxy) is 1. The van der Waals surface area contributed by atoms with E-state index in [0.29, 0.717) is 6.29 Å². The third kappa shape index (κ3) is 1.13. The zero-order valence-electron chi connectivity index (χ0n) is 9.71. The van der Waals surface area contributed by atoms with E-state index in [0.717, 1.165) is 0 Å². The molecular formula is C11H17NO4. The fourth-order valence-electron chi connectivity index (χ4n) is 2.84. The molecular weight excluding hydrogens is 210 g/mol. The van der Waals surface area contributed by atoms with Crippen LogP contribution in [0, 0.1) is 11.8 Å². The molecule has 2 rings (SSSR count). The molecule has 0 aliphatic carbocycles. The molecule has 90 valence electrons. The second kappa shape index (κ2) is 3.53. The molecule has 2 heterocycles. The van der Waals surface area contributed by atoms with E-state index in [1.807, 2.05) is 13.8 Å². The lowest BCUT2D eigenvalue weighted by Gasteiger charge is -2.34. The van der Waals surface area contributed by atoms with Crippen molar-refractivity contribution in [1.82, 2.24) is 4.90 Å². The number of carbonyl (C=O) groups excluding carboxylic acids is 2. The number of aliphatic hydroxyl groups excluding tert-OH is 1. The predicted molar refractivity (Wildman–Crippen MR) is 55.4 cm³/mol. The van der Waals surface area contributed by atoms with Gasteiger partial charge in [-0.3, -0.25) is 4.79 Å². The van der Waals surface area contributed by atoms with Crippen molar-refractivity contribution in [3.05, 3.63) is 0 Å². The molecule has 0 bridgehead atoms. The molecule has 2 saturated heterocycles. The monoisotopic (exact) mass is 227 g/mol. The van der Waals surface area contributed by atoms with E-state index in [2.05, 4.69) is 0 Å². The van der Waals surface area contributed by atoms with Gasteiger partial charge >= 0.3 is 0 Å². The van der Waals surface area contributed by atoms with Crippen LogP contribution in [-0.4, -0.2) is 46.7 Å². The second-order valence-corrected chi connectivity index (χ2v) is 4.97. The Labute approximate surface area is 94.4 Å². The van der Waals surface area contributed by atoms with Crippen LogP contribution >= 0.6 is 0 Å². The highest BCUT2D eigenvalue weighted by atomic mass is 16.5. The highest BCUT2D eigenvalue weighted by Crippen LogP contribution is 2.43. The number of nitrogens with zero attached hydrogens (tertiary/aromatic N) is 1. The SMILES string of the molecule is CC(C)[C@@H]1OCN2C(=O)[C@H](C)[C@H](O)[C@@]12C=O. The van der Waals surface area contributed by atoms with Crippen LogP contribution in [0.4, 0.5) is 0 Å². The Morgan fingerprint density at radius 2 is 2.25 bits per heavy atom. The van der Waals surface area contributed by atoms with E-state index in [1.165, 1.54) is 4.90 Å². The summed E-state index contributed by atoms with van der Waals surface area (Å²) in [5, 5.41) is 10.1. The summed E-state index contributed by atoms with van der Waals surface area (Å²) in [6, 6.07) is 0. The average molecular weight is 227 g/mol. The summed E-state index contributed by atoms with van der Waals surface area (Å²) >= 11 is 0. The van der Waals surface area contributed by atoms with Gasteiger partial charge in [0.2, 0.25) is 5.91 Å². The Bertz CT molecular complexity index is 330. The molecule has 2 fully saturated rings. The average Bonchev–Trinajstić information content (AvgIpc) is 2.72. The molecule has 1 amide bonds. The van der Waals surface area contributed by atoms with Crippen LogP contribution in [0.5, 0.6) is 0 Å². The van der Waals surface area contributed by atoms with Crippen LogP contribution in [0.3, 0.4) is 0 Å². The minimum Gasteiger partial charge on any atom is -0.389 e. The minimum absolute atomic E-state index is 0.0722. The van der Waals surface area contributed by atoms with Gasteiger partial charge in [0, 0.05) is 0 Å². The smallest absolute Gasteiger partial charge is 0.230 e. The van der Waals surface area contributed by atoms with Gasteiger partial charge in [-0.2, -0.15) is 0 Å². The van der Waals surface area contributed by atoms with Crippen LogP contribution in [-0.2, 0) is 14.3 Å². The van der Waals surface area contributed by atoms with Gasteiger partial charge in [0.25, 0.3) is 0 Å². The van der Waals surface area contributed by atoms with Crippen LogP contribution < -0.4 is 0 Å². The molecule has 5 nitrogen and oxygen atoms in total. The third-order valence-electron chi connectivity index (χ3n) is 3.70. The molecule has 1 N–H and O–H groups in total. The van der Waals surface area contributed by atoms with Gasteiger partial charge in [-0.25, -0.2) is 0 Å². The number of carbonyl (C=O) groups is 2. The number of fused-ring (bicyclic) bond motifs is 1. The lowest BCUT2D eigenvalue weighted by atomic mass is 9.81. The summed E-state index contributed by atoms with van der Waals surface area (Å²) < 4.78 is 5.48. The molecule has 0 saturated carbocycles. The largest absolute Gasteiger partial charge is 0.389 e. The normalized spacial score (nSPS) is 42.9. The Kier molecular flexibility index (Phi) is 2.55. The van der Waals surface area contributed by atoms with Crippen molar-refractivity contribution in [2.24, 2.45) is 11.8 Å². The maximum atomic E-state index is 11.9. The number of amides is 1.